The van der Waals surface area contributed by atoms with E-state index in [9.17, 15) is 19.7 Å². The molecule has 1 aliphatic heterocycles. The van der Waals surface area contributed by atoms with Crippen LogP contribution in [0.15, 0.2) is 12.1 Å². The average Bonchev–Trinajstić information content (AvgIpc) is 2.34. The summed E-state index contributed by atoms with van der Waals surface area (Å²) >= 11 is 0. The third-order valence-corrected chi connectivity index (χ3v) is 3.19. The lowest BCUT2D eigenvalue weighted by molar-refractivity contribution is 0.142. The zero-order valence-corrected chi connectivity index (χ0v) is 12.4. The third-order valence-electron chi connectivity index (χ3n) is 3.19. The van der Waals surface area contributed by atoms with Crippen molar-refractivity contribution < 1.29 is 19.7 Å². The van der Waals surface area contributed by atoms with E-state index in [-0.39, 0.29) is 47.6 Å². The van der Waals surface area contributed by atoms with Crippen LogP contribution in [0.1, 0.15) is 11.6 Å². The van der Waals surface area contributed by atoms with Crippen molar-refractivity contribution in [2.24, 2.45) is 0 Å². The molecule has 0 bridgehead atoms. The van der Waals surface area contributed by atoms with Crippen LogP contribution in [0, 0.1) is 0 Å². The summed E-state index contributed by atoms with van der Waals surface area (Å²) in [5.41, 5.74) is 0.136. The van der Waals surface area contributed by atoms with Gasteiger partial charge in [-0.1, -0.05) is 0 Å². The highest BCUT2D eigenvalue weighted by molar-refractivity contribution is 5.85. The second kappa shape index (κ2) is 8.36. The Bertz CT molecular complexity index is 408. The van der Waals surface area contributed by atoms with Gasteiger partial charge in [-0.15, -0.1) is 24.8 Å². The van der Waals surface area contributed by atoms with E-state index >= 15 is 0 Å². The molecule has 0 radical (unpaired) electrons. The van der Waals surface area contributed by atoms with Gasteiger partial charge in [-0.25, -0.2) is 4.39 Å². The number of piperazine rings is 1. The standard InChI is InChI=1S/C12H17FN2O3.2ClH/c13-7-9(15-3-1-14-2-4-15)12-10(17)5-8(16)6-11(12)18;;/h5-6,9,14,16-18H,1-4,7H2;2*1H/t9-;;/m0../s1. The molecule has 0 spiro atoms. The smallest absolute Gasteiger partial charge is 0.127 e. The predicted octanol–water partition coefficient (Wildman–Crippen LogP) is 1.56. The van der Waals surface area contributed by atoms with Crippen molar-refractivity contribution in [2.45, 2.75) is 6.04 Å². The average molecular weight is 329 g/mol. The van der Waals surface area contributed by atoms with Crippen molar-refractivity contribution in [3.8, 4) is 17.2 Å². The van der Waals surface area contributed by atoms with E-state index in [1.165, 1.54) is 0 Å². The fourth-order valence-electron chi connectivity index (χ4n) is 2.30. The number of alkyl halides is 1. The second-order valence-corrected chi connectivity index (χ2v) is 4.35. The van der Waals surface area contributed by atoms with Crippen LogP contribution in [-0.4, -0.2) is 53.1 Å². The second-order valence-electron chi connectivity index (χ2n) is 4.35. The number of aromatic hydroxyl groups is 3. The molecule has 4 N–H and O–H groups in total. The summed E-state index contributed by atoms with van der Waals surface area (Å²) in [6.07, 6.45) is 0. The Morgan fingerprint density at radius 3 is 2.05 bits per heavy atom. The number of nitrogens with zero attached hydrogens (tertiary/aromatic N) is 1. The molecule has 1 heterocycles. The molecule has 1 saturated heterocycles. The van der Waals surface area contributed by atoms with Crippen molar-refractivity contribution in [1.82, 2.24) is 10.2 Å². The molecule has 116 valence electrons. The first-order chi connectivity index (χ1) is 8.63. The number of phenolic OH excluding ortho intramolecular Hbond substituents is 3. The van der Waals surface area contributed by atoms with Gasteiger partial charge in [0, 0.05) is 38.3 Å². The fourth-order valence-corrected chi connectivity index (χ4v) is 2.30. The largest absolute Gasteiger partial charge is 0.508 e. The van der Waals surface area contributed by atoms with Crippen LogP contribution < -0.4 is 5.32 Å². The Hall–Kier alpha value is -0.950. The van der Waals surface area contributed by atoms with Crippen LogP contribution in [0.5, 0.6) is 17.2 Å². The third kappa shape index (κ3) is 4.02. The topological polar surface area (TPSA) is 76.0 Å². The van der Waals surface area contributed by atoms with E-state index in [1.807, 2.05) is 4.90 Å². The first kappa shape index (κ1) is 19.1. The van der Waals surface area contributed by atoms with Gasteiger partial charge in [0.05, 0.1) is 11.6 Å². The van der Waals surface area contributed by atoms with Gasteiger partial charge in [0.15, 0.2) is 0 Å². The summed E-state index contributed by atoms with van der Waals surface area (Å²) in [6.45, 7) is 2.08. The predicted molar refractivity (Wildman–Crippen MR) is 79.1 cm³/mol. The van der Waals surface area contributed by atoms with Crippen LogP contribution in [0.3, 0.4) is 0 Å². The zero-order chi connectivity index (χ0) is 13.1. The van der Waals surface area contributed by atoms with E-state index in [0.717, 1.165) is 25.2 Å². The van der Waals surface area contributed by atoms with Crippen LogP contribution >= 0.6 is 24.8 Å². The number of benzene rings is 1. The molecule has 5 nitrogen and oxygen atoms in total. The molecule has 0 aromatic heterocycles. The Kier molecular flexibility index (Phi) is 7.96. The maximum atomic E-state index is 13.2. The molecule has 1 aromatic rings. The number of hydrogen-bond acceptors (Lipinski definition) is 5. The van der Waals surface area contributed by atoms with Gasteiger partial charge in [0.1, 0.15) is 23.9 Å². The molecule has 0 aliphatic carbocycles. The fraction of sp³-hybridized carbons (Fsp3) is 0.500. The van der Waals surface area contributed by atoms with E-state index in [1.54, 1.807) is 0 Å². The van der Waals surface area contributed by atoms with Crippen LogP contribution in [0.25, 0.3) is 0 Å². The highest BCUT2D eigenvalue weighted by Gasteiger charge is 2.27. The van der Waals surface area contributed by atoms with Crippen LogP contribution in [-0.2, 0) is 0 Å². The van der Waals surface area contributed by atoms with E-state index in [0.29, 0.717) is 13.1 Å². The molecule has 2 rings (SSSR count). The van der Waals surface area contributed by atoms with Gasteiger partial charge in [-0.3, -0.25) is 4.90 Å². The van der Waals surface area contributed by atoms with Gasteiger partial charge in [0.2, 0.25) is 0 Å². The highest BCUT2D eigenvalue weighted by Crippen LogP contribution is 2.39. The summed E-state index contributed by atoms with van der Waals surface area (Å²) < 4.78 is 13.2. The van der Waals surface area contributed by atoms with Crippen molar-refractivity contribution in [1.29, 1.82) is 0 Å². The van der Waals surface area contributed by atoms with Crippen molar-refractivity contribution >= 4 is 24.8 Å². The van der Waals surface area contributed by atoms with E-state index in [2.05, 4.69) is 5.32 Å². The summed E-state index contributed by atoms with van der Waals surface area (Å²) in [5.74, 6) is -0.811. The summed E-state index contributed by atoms with van der Waals surface area (Å²) in [6, 6.07) is 1.53. The minimum atomic E-state index is -0.702. The van der Waals surface area contributed by atoms with Crippen molar-refractivity contribution in [3.05, 3.63) is 17.7 Å². The van der Waals surface area contributed by atoms with Gasteiger partial charge < -0.3 is 20.6 Å². The molecule has 1 aromatic carbocycles. The quantitative estimate of drug-likeness (QED) is 0.677. The molecule has 1 atom stereocenters. The normalized spacial score (nSPS) is 16.9. The number of hydrogen-bond donors (Lipinski definition) is 4. The maximum absolute atomic E-state index is 13.2. The molecular formula is C12H19Cl2FN2O3. The van der Waals surface area contributed by atoms with Crippen molar-refractivity contribution in [2.75, 3.05) is 32.9 Å². The Morgan fingerprint density at radius 1 is 1.10 bits per heavy atom. The molecule has 0 saturated carbocycles. The Balaban J connectivity index is 0.00000180. The first-order valence-electron chi connectivity index (χ1n) is 5.89. The number of phenols is 3. The molecule has 20 heavy (non-hydrogen) atoms. The Morgan fingerprint density at radius 2 is 1.60 bits per heavy atom. The van der Waals surface area contributed by atoms with E-state index in [4.69, 9.17) is 0 Å². The molecule has 1 aliphatic rings. The van der Waals surface area contributed by atoms with Gasteiger partial charge in [-0.2, -0.15) is 0 Å². The number of rotatable bonds is 3. The summed E-state index contributed by atoms with van der Waals surface area (Å²) in [5, 5.41) is 32.0. The lowest BCUT2D eigenvalue weighted by Crippen LogP contribution is -2.45. The number of halogens is 3. The maximum Gasteiger partial charge on any atom is 0.127 e. The van der Waals surface area contributed by atoms with Crippen LogP contribution in [0.4, 0.5) is 4.39 Å². The highest BCUT2D eigenvalue weighted by atomic mass is 35.5. The SMILES string of the molecule is Cl.Cl.Oc1cc(O)c([C@H](CF)N2CCNCC2)c(O)c1. The molecular weight excluding hydrogens is 310 g/mol. The zero-order valence-electron chi connectivity index (χ0n) is 10.8. The van der Waals surface area contributed by atoms with Crippen LogP contribution in [0.2, 0.25) is 0 Å². The lowest BCUT2D eigenvalue weighted by Gasteiger charge is -2.34. The first-order valence-corrected chi connectivity index (χ1v) is 5.89. The molecule has 1 fully saturated rings. The van der Waals surface area contributed by atoms with Crippen molar-refractivity contribution in [3.63, 3.8) is 0 Å². The van der Waals surface area contributed by atoms with Gasteiger partial charge >= 0.3 is 0 Å². The molecule has 8 heteroatoms. The molecule has 0 amide bonds. The van der Waals surface area contributed by atoms with E-state index < -0.39 is 12.7 Å². The summed E-state index contributed by atoms with van der Waals surface area (Å²) in [7, 11) is 0. The monoisotopic (exact) mass is 328 g/mol. The minimum absolute atomic E-state index is 0. The minimum Gasteiger partial charge on any atom is -0.508 e. The van der Waals surface area contributed by atoms with Gasteiger partial charge in [-0.05, 0) is 0 Å². The molecule has 0 unspecified atom stereocenters. The van der Waals surface area contributed by atoms with Gasteiger partial charge in [0.25, 0.3) is 0 Å². The Labute approximate surface area is 129 Å². The summed E-state index contributed by atoms with van der Waals surface area (Å²) in [4.78, 5) is 1.86. The lowest BCUT2D eigenvalue weighted by atomic mass is 10.0. The number of nitrogens with one attached hydrogen (secondary N) is 1.